The van der Waals surface area contributed by atoms with E-state index in [9.17, 15) is 9.59 Å². The van der Waals surface area contributed by atoms with Crippen molar-refractivity contribution in [2.24, 2.45) is 5.92 Å². The second-order valence-electron chi connectivity index (χ2n) is 4.04. The Labute approximate surface area is 99.4 Å². The van der Waals surface area contributed by atoms with Crippen molar-refractivity contribution in [3.8, 4) is 0 Å². The zero-order chi connectivity index (χ0) is 12.4. The van der Waals surface area contributed by atoms with E-state index in [0.29, 0.717) is 6.54 Å². The highest BCUT2D eigenvalue weighted by molar-refractivity contribution is 5.99. The maximum Gasteiger partial charge on any atom is 0.311 e. The van der Waals surface area contributed by atoms with Crippen molar-refractivity contribution in [2.75, 3.05) is 18.6 Å². The molecule has 0 bridgehead atoms. The van der Waals surface area contributed by atoms with Crippen LogP contribution in [-0.4, -0.2) is 30.5 Å². The SMILES string of the molecule is COC(=O)C1CC(=O)N(c2cccnc2C)C1. The van der Waals surface area contributed by atoms with E-state index in [1.165, 1.54) is 7.11 Å². The minimum atomic E-state index is -0.368. The topological polar surface area (TPSA) is 59.5 Å². The lowest BCUT2D eigenvalue weighted by molar-refractivity contribution is -0.145. The summed E-state index contributed by atoms with van der Waals surface area (Å²) in [6.45, 7) is 2.21. The van der Waals surface area contributed by atoms with Crippen LogP contribution in [-0.2, 0) is 14.3 Å². The van der Waals surface area contributed by atoms with Crippen LogP contribution >= 0.6 is 0 Å². The highest BCUT2D eigenvalue weighted by Gasteiger charge is 2.36. The van der Waals surface area contributed by atoms with Gasteiger partial charge in [0, 0.05) is 19.2 Å². The van der Waals surface area contributed by atoms with Crippen LogP contribution in [0.25, 0.3) is 0 Å². The number of methoxy groups -OCH3 is 1. The molecular formula is C12H14N2O3. The number of nitrogens with zero attached hydrogens (tertiary/aromatic N) is 2. The molecule has 1 atom stereocenters. The molecule has 1 unspecified atom stereocenters. The molecule has 1 aromatic heterocycles. The number of amides is 1. The van der Waals surface area contributed by atoms with Crippen molar-refractivity contribution in [1.82, 2.24) is 4.98 Å². The molecule has 1 fully saturated rings. The van der Waals surface area contributed by atoms with Gasteiger partial charge in [0.05, 0.1) is 24.4 Å². The van der Waals surface area contributed by atoms with E-state index in [4.69, 9.17) is 0 Å². The fraction of sp³-hybridized carbons (Fsp3) is 0.417. The Balaban J connectivity index is 2.22. The summed E-state index contributed by atoms with van der Waals surface area (Å²) in [5, 5.41) is 0. The van der Waals surface area contributed by atoms with Crippen LogP contribution in [0.5, 0.6) is 0 Å². The van der Waals surface area contributed by atoms with Crippen LogP contribution in [0.4, 0.5) is 5.69 Å². The molecule has 5 nitrogen and oxygen atoms in total. The molecule has 1 amide bonds. The van der Waals surface area contributed by atoms with E-state index in [1.807, 2.05) is 13.0 Å². The van der Waals surface area contributed by atoms with E-state index in [2.05, 4.69) is 9.72 Å². The van der Waals surface area contributed by atoms with Gasteiger partial charge in [-0.2, -0.15) is 0 Å². The predicted octanol–water partition coefficient (Wildman–Crippen LogP) is 0.916. The van der Waals surface area contributed by atoms with Gasteiger partial charge in [-0.1, -0.05) is 0 Å². The molecule has 2 heterocycles. The van der Waals surface area contributed by atoms with Gasteiger partial charge in [-0.05, 0) is 19.1 Å². The van der Waals surface area contributed by atoms with Crippen LogP contribution in [0.1, 0.15) is 12.1 Å². The summed E-state index contributed by atoms with van der Waals surface area (Å²) in [7, 11) is 1.34. The third kappa shape index (κ3) is 2.13. The molecule has 0 spiro atoms. The molecule has 1 aliphatic heterocycles. The van der Waals surface area contributed by atoms with Crippen molar-refractivity contribution in [2.45, 2.75) is 13.3 Å². The first-order valence-electron chi connectivity index (χ1n) is 5.43. The fourth-order valence-electron chi connectivity index (χ4n) is 2.03. The van der Waals surface area contributed by atoms with Crippen molar-refractivity contribution >= 4 is 17.6 Å². The molecular weight excluding hydrogens is 220 g/mol. The number of aromatic nitrogens is 1. The Hall–Kier alpha value is -1.91. The molecule has 1 saturated heterocycles. The van der Waals surface area contributed by atoms with Gasteiger partial charge in [0.1, 0.15) is 0 Å². The summed E-state index contributed by atoms with van der Waals surface area (Å²) in [6, 6.07) is 3.61. The Bertz CT molecular complexity index is 459. The summed E-state index contributed by atoms with van der Waals surface area (Å²) in [5.74, 6) is -0.758. The molecule has 1 aromatic rings. The Kier molecular flexibility index (Phi) is 3.08. The number of aryl methyl sites for hydroxylation is 1. The van der Waals surface area contributed by atoms with E-state index in [0.717, 1.165) is 11.4 Å². The average Bonchev–Trinajstić information content (AvgIpc) is 2.71. The molecule has 17 heavy (non-hydrogen) atoms. The molecule has 5 heteroatoms. The lowest BCUT2D eigenvalue weighted by atomic mass is 10.1. The van der Waals surface area contributed by atoms with Gasteiger partial charge in [0.15, 0.2) is 0 Å². The van der Waals surface area contributed by atoms with E-state index < -0.39 is 0 Å². The fourth-order valence-corrected chi connectivity index (χ4v) is 2.03. The third-order valence-electron chi connectivity index (χ3n) is 2.93. The molecule has 0 N–H and O–H groups in total. The second kappa shape index (κ2) is 4.53. The molecule has 2 rings (SSSR count). The number of esters is 1. The lowest BCUT2D eigenvalue weighted by Gasteiger charge is -2.17. The molecule has 0 radical (unpaired) electrons. The number of carbonyl (C=O) groups is 2. The van der Waals surface area contributed by atoms with Gasteiger partial charge in [-0.15, -0.1) is 0 Å². The number of carbonyl (C=O) groups excluding carboxylic acids is 2. The van der Waals surface area contributed by atoms with Crippen LogP contribution < -0.4 is 4.90 Å². The molecule has 0 aromatic carbocycles. The second-order valence-corrected chi connectivity index (χ2v) is 4.04. The Morgan fingerprint density at radius 1 is 1.59 bits per heavy atom. The van der Waals surface area contributed by atoms with E-state index in [1.54, 1.807) is 17.2 Å². The first-order chi connectivity index (χ1) is 8.13. The monoisotopic (exact) mass is 234 g/mol. The maximum atomic E-state index is 11.8. The quantitative estimate of drug-likeness (QED) is 0.714. The number of hydrogen-bond acceptors (Lipinski definition) is 4. The molecule has 0 aliphatic carbocycles. The standard InChI is InChI=1S/C12H14N2O3/c1-8-10(4-3-5-13-8)14-7-9(6-11(14)15)12(16)17-2/h3-5,9H,6-7H2,1-2H3. The van der Waals surface area contributed by atoms with Gasteiger partial charge in [-0.25, -0.2) is 0 Å². The van der Waals surface area contributed by atoms with Crippen LogP contribution in [0, 0.1) is 12.8 Å². The van der Waals surface area contributed by atoms with E-state index in [-0.39, 0.29) is 24.2 Å². The number of anilines is 1. The largest absolute Gasteiger partial charge is 0.469 e. The summed E-state index contributed by atoms with van der Waals surface area (Å²) >= 11 is 0. The number of ether oxygens (including phenoxy) is 1. The Morgan fingerprint density at radius 2 is 2.35 bits per heavy atom. The summed E-state index contributed by atoms with van der Waals surface area (Å²) in [4.78, 5) is 29.0. The van der Waals surface area contributed by atoms with Gasteiger partial charge >= 0.3 is 5.97 Å². The zero-order valence-corrected chi connectivity index (χ0v) is 9.84. The van der Waals surface area contributed by atoms with Gasteiger partial charge in [0.25, 0.3) is 0 Å². The maximum absolute atomic E-state index is 11.8. The molecule has 90 valence electrons. The Morgan fingerprint density at radius 3 is 3.00 bits per heavy atom. The number of rotatable bonds is 2. The lowest BCUT2D eigenvalue weighted by Crippen LogP contribution is -2.27. The molecule has 0 saturated carbocycles. The minimum Gasteiger partial charge on any atom is -0.469 e. The highest BCUT2D eigenvalue weighted by atomic mass is 16.5. The zero-order valence-electron chi connectivity index (χ0n) is 9.84. The smallest absolute Gasteiger partial charge is 0.311 e. The van der Waals surface area contributed by atoms with Crippen LogP contribution in [0.15, 0.2) is 18.3 Å². The van der Waals surface area contributed by atoms with Crippen LogP contribution in [0.3, 0.4) is 0 Å². The van der Waals surface area contributed by atoms with Gasteiger partial charge < -0.3 is 9.64 Å². The highest BCUT2D eigenvalue weighted by Crippen LogP contribution is 2.27. The van der Waals surface area contributed by atoms with E-state index >= 15 is 0 Å². The average molecular weight is 234 g/mol. The minimum absolute atomic E-state index is 0.0588. The number of hydrogen-bond donors (Lipinski definition) is 0. The van der Waals surface area contributed by atoms with Crippen molar-refractivity contribution in [1.29, 1.82) is 0 Å². The van der Waals surface area contributed by atoms with Crippen LogP contribution in [0.2, 0.25) is 0 Å². The third-order valence-corrected chi connectivity index (χ3v) is 2.93. The van der Waals surface area contributed by atoms with Crippen molar-refractivity contribution < 1.29 is 14.3 Å². The van der Waals surface area contributed by atoms with Crippen molar-refractivity contribution in [3.05, 3.63) is 24.0 Å². The predicted molar refractivity (Wildman–Crippen MR) is 61.5 cm³/mol. The number of pyridine rings is 1. The van der Waals surface area contributed by atoms with Gasteiger partial charge in [-0.3, -0.25) is 14.6 Å². The molecule has 1 aliphatic rings. The summed E-state index contributed by atoms with van der Waals surface area (Å²) in [6.07, 6.45) is 1.89. The first-order valence-corrected chi connectivity index (χ1v) is 5.43. The normalized spacial score (nSPS) is 19.5. The van der Waals surface area contributed by atoms with Crippen molar-refractivity contribution in [3.63, 3.8) is 0 Å². The summed E-state index contributed by atoms with van der Waals surface area (Å²) < 4.78 is 4.66. The summed E-state index contributed by atoms with van der Waals surface area (Å²) in [5.41, 5.74) is 1.55. The first kappa shape index (κ1) is 11.6. The van der Waals surface area contributed by atoms with Gasteiger partial charge in [0.2, 0.25) is 5.91 Å².